The van der Waals surface area contributed by atoms with Crippen molar-refractivity contribution in [1.29, 1.82) is 0 Å². The third kappa shape index (κ3) is 2.61. The van der Waals surface area contributed by atoms with Crippen molar-refractivity contribution in [3.05, 3.63) is 0 Å². The second-order valence-electron chi connectivity index (χ2n) is 2.79. The van der Waals surface area contributed by atoms with Crippen molar-refractivity contribution >= 4 is 40.6 Å². The number of carbonyl (C=O) groups is 2. The molecule has 1 heterocycles. The van der Waals surface area contributed by atoms with E-state index in [2.05, 4.69) is 0 Å². The maximum atomic E-state index is 11.3. The lowest BCUT2D eigenvalue weighted by atomic mass is 10.3. The van der Waals surface area contributed by atoms with Crippen molar-refractivity contribution in [3.8, 4) is 0 Å². The molecule has 2 unspecified atom stereocenters. The van der Waals surface area contributed by atoms with Crippen molar-refractivity contribution < 1.29 is 14.7 Å². The van der Waals surface area contributed by atoms with E-state index in [4.69, 9.17) is 10.8 Å². The van der Waals surface area contributed by atoms with E-state index in [0.29, 0.717) is 5.75 Å². The Bertz CT molecular complexity index is 239. The van der Waals surface area contributed by atoms with Gasteiger partial charge < -0.3 is 15.7 Å². The molecule has 0 saturated carbocycles. The highest BCUT2D eigenvalue weighted by Gasteiger charge is 2.38. The minimum absolute atomic E-state index is 0. The SMILES string of the molecule is Br.CC1SCC(C(=O)O)N1C(=O)CN. The normalized spacial score (nSPS) is 25.7. The Morgan fingerprint density at radius 2 is 2.21 bits per heavy atom. The van der Waals surface area contributed by atoms with E-state index in [-0.39, 0.29) is 34.8 Å². The van der Waals surface area contributed by atoms with Crippen molar-refractivity contribution in [2.45, 2.75) is 18.3 Å². The molecule has 1 fully saturated rings. The van der Waals surface area contributed by atoms with E-state index >= 15 is 0 Å². The van der Waals surface area contributed by atoms with Crippen LogP contribution in [-0.4, -0.2) is 45.6 Å². The van der Waals surface area contributed by atoms with E-state index in [0.717, 1.165) is 0 Å². The van der Waals surface area contributed by atoms with Crippen LogP contribution in [0.2, 0.25) is 0 Å². The largest absolute Gasteiger partial charge is 0.480 e. The van der Waals surface area contributed by atoms with Crippen LogP contribution >= 0.6 is 28.7 Å². The smallest absolute Gasteiger partial charge is 0.327 e. The van der Waals surface area contributed by atoms with Crippen LogP contribution in [0, 0.1) is 0 Å². The number of carboxylic acid groups (broad SMARTS) is 1. The molecule has 14 heavy (non-hydrogen) atoms. The molecular weight excluding hydrogens is 272 g/mol. The van der Waals surface area contributed by atoms with Gasteiger partial charge in [-0.15, -0.1) is 28.7 Å². The highest BCUT2D eigenvalue weighted by atomic mass is 79.9. The number of amides is 1. The van der Waals surface area contributed by atoms with Crippen molar-refractivity contribution in [3.63, 3.8) is 0 Å². The standard InChI is InChI=1S/C7H12N2O3S.BrH/c1-4-9(6(10)2-8)5(3-13-4)7(11)12;/h4-5H,2-3,8H2,1H3,(H,11,12);1H. The van der Waals surface area contributed by atoms with Crippen molar-refractivity contribution in [2.75, 3.05) is 12.3 Å². The highest BCUT2D eigenvalue weighted by molar-refractivity contribution is 8.93. The summed E-state index contributed by atoms with van der Waals surface area (Å²) in [6.45, 7) is 1.68. The van der Waals surface area contributed by atoms with Gasteiger partial charge in [0.2, 0.25) is 5.91 Å². The lowest BCUT2D eigenvalue weighted by Crippen LogP contribution is -2.47. The zero-order valence-corrected chi connectivity index (χ0v) is 10.2. The van der Waals surface area contributed by atoms with Crippen LogP contribution < -0.4 is 5.73 Å². The lowest BCUT2D eigenvalue weighted by molar-refractivity contribution is -0.148. The number of carbonyl (C=O) groups excluding carboxylic acids is 1. The minimum atomic E-state index is -0.960. The Balaban J connectivity index is 0.00000169. The van der Waals surface area contributed by atoms with E-state index in [9.17, 15) is 9.59 Å². The van der Waals surface area contributed by atoms with Crippen LogP contribution in [-0.2, 0) is 9.59 Å². The summed E-state index contributed by atoms with van der Waals surface area (Å²) in [5.41, 5.74) is 5.18. The summed E-state index contributed by atoms with van der Waals surface area (Å²) >= 11 is 1.45. The zero-order chi connectivity index (χ0) is 10.0. The van der Waals surface area contributed by atoms with Gasteiger partial charge in [-0.3, -0.25) is 4.79 Å². The van der Waals surface area contributed by atoms with Crippen LogP contribution in [0.5, 0.6) is 0 Å². The molecule has 0 bridgehead atoms. The number of carboxylic acids is 1. The minimum Gasteiger partial charge on any atom is -0.480 e. The quantitative estimate of drug-likeness (QED) is 0.740. The third-order valence-corrected chi connectivity index (χ3v) is 3.19. The zero-order valence-electron chi connectivity index (χ0n) is 7.67. The molecule has 0 radical (unpaired) electrons. The Morgan fingerprint density at radius 3 is 2.64 bits per heavy atom. The maximum absolute atomic E-state index is 11.3. The fourth-order valence-corrected chi connectivity index (χ4v) is 2.51. The number of halogens is 1. The lowest BCUT2D eigenvalue weighted by Gasteiger charge is -2.24. The van der Waals surface area contributed by atoms with Crippen LogP contribution in [0.25, 0.3) is 0 Å². The van der Waals surface area contributed by atoms with Gasteiger partial charge in [0.15, 0.2) is 0 Å². The predicted molar refractivity (Wildman–Crippen MR) is 59.6 cm³/mol. The Labute approximate surface area is 96.8 Å². The molecule has 1 saturated heterocycles. The molecule has 1 aliphatic heterocycles. The first-order valence-corrected chi connectivity index (χ1v) is 4.98. The average Bonchev–Trinajstić information content (AvgIpc) is 2.46. The van der Waals surface area contributed by atoms with E-state index in [1.54, 1.807) is 6.92 Å². The average molecular weight is 285 g/mol. The molecular formula is C7H13BrN2O3S. The van der Waals surface area contributed by atoms with E-state index in [1.165, 1.54) is 16.7 Å². The van der Waals surface area contributed by atoms with Gasteiger partial charge >= 0.3 is 5.97 Å². The fraction of sp³-hybridized carbons (Fsp3) is 0.714. The van der Waals surface area contributed by atoms with Crippen LogP contribution in [0.4, 0.5) is 0 Å². The molecule has 5 nitrogen and oxygen atoms in total. The number of nitrogens with two attached hydrogens (primary N) is 1. The molecule has 0 aliphatic carbocycles. The second-order valence-corrected chi connectivity index (χ2v) is 4.14. The summed E-state index contributed by atoms with van der Waals surface area (Å²) in [5.74, 6) is -0.814. The first kappa shape index (κ1) is 13.7. The Kier molecular flexibility index (Phi) is 5.46. The molecule has 0 aromatic heterocycles. The molecule has 82 valence electrons. The van der Waals surface area contributed by atoms with Gasteiger partial charge in [0.25, 0.3) is 0 Å². The number of thioether (sulfide) groups is 1. The number of hydrogen-bond acceptors (Lipinski definition) is 4. The maximum Gasteiger partial charge on any atom is 0.327 e. The first-order chi connectivity index (χ1) is 6.07. The Hall–Kier alpha value is -0.270. The fourth-order valence-electron chi connectivity index (χ4n) is 1.32. The number of rotatable bonds is 2. The molecule has 0 aromatic rings. The molecule has 1 aliphatic rings. The summed E-state index contributed by atoms with van der Waals surface area (Å²) in [4.78, 5) is 23.3. The first-order valence-electron chi connectivity index (χ1n) is 3.93. The summed E-state index contributed by atoms with van der Waals surface area (Å²) in [6.07, 6.45) is 0. The van der Waals surface area contributed by atoms with Crippen molar-refractivity contribution in [2.24, 2.45) is 5.73 Å². The van der Waals surface area contributed by atoms with Gasteiger partial charge in [-0.05, 0) is 6.92 Å². The van der Waals surface area contributed by atoms with Crippen LogP contribution in [0.15, 0.2) is 0 Å². The van der Waals surface area contributed by atoms with Gasteiger partial charge in [0.05, 0.1) is 11.9 Å². The number of hydrogen-bond donors (Lipinski definition) is 2. The van der Waals surface area contributed by atoms with Crippen LogP contribution in [0.1, 0.15) is 6.92 Å². The summed E-state index contributed by atoms with van der Waals surface area (Å²) in [6, 6.07) is -0.712. The number of nitrogens with zero attached hydrogens (tertiary/aromatic N) is 1. The summed E-state index contributed by atoms with van der Waals surface area (Å²) in [7, 11) is 0. The van der Waals surface area contributed by atoms with Gasteiger partial charge in [0.1, 0.15) is 6.04 Å². The van der Waals surface area contributed by atoms with Gasteiger partial charge in [-0.2, -0.15) is 0 Å². The Morgan fingerprint density at radius 1 is 1.64 bits per heavy atom. The van der Waals surface area contributed by atoms with Gasteiger partial charge in [-0.1, -0.05) is 0 Å². The van der Waals surface area contributed by atoms with E-state index < -0.39 is 12.0 Å². The van der Waals surface area contributed by atoms with E-state index in [1.807, 2.05) is 0 Å². The van der Waals surface area contributed by atoms with Gasteiger partial charge in [-0.25, -0.2) is 4.79 Å². The third-order valence-electron chi connectivity index (χ3n) is 1.97. The summed E-state index contributed by atoms with van der Waals surface area (Å²) in [5, 5.41) is 8.71. The number of aliphatic carboxylic acids is 1. The molecule has 0 spiro atoms. The summed E-state index contributed by atoms with van der Waals surface area (Å²) < 4.78 is 0. The van der Waals surface area contributed by atoms with Crippen LogP contribution in [0.3, 0.4) is 0 Å². The monoisotopic (exact) mass is 284 g/mol. The molecule has 3 N–H and O–H groups in total. The molecule has 0 aromatic carbocycles. The van der Waals surface area contributed by atoms with Crippen molar-refractivity contribution in [1.82, 2.24) is 4.90 Å². The van der Waals surface area contributed by atoms with Gasteiger partial charge in [0, 0.05) is 5.75 Å². The second kappa shape index (κ2) is 5.57. The predicted octanol–water partition coefficient (Wildman–Crippen LogP) is -0.102. The topological polar surface area (TPSA) is 83.6 Å². The molecule has 1 rings (SSSR count). The molecule has 7 heteroatoms. The highest BCUT2D eigenvalue weighted by Crippen LogP contribution is 2.28. The molecule has 1 amide bonds. The molecule has 2 atom stereocenters.